The molecule has 0 saturated heterocycles. The predicted molar refractivity (Wildman–Crippen MR) is 61.0 cm³/mol. The number of hydrogen-bond donors (Lipinski definition) is 1. The van der Waals surface area contributed by atoms with Gasteiger partial charge in [-0.1, -0.05) is 0 Å². The Bertz CT molecular complexity index is 493. The van der Waals surface area contributed by atoms with Gasteiger partial charge in [0.2, 0.25) is 0 Å². The van der Waals surface area contributed by atoms with Crippen molar-refractivity contribution in [2.45, 2.75) is 19.3 Å². The summed E-state index contributed by atoms with van der Waals surface area (Å²) in [5, 5.41) is 8.94. The number of aryl methyl sites for hydroxylation is 1. The second-order valence-electron chi connectivity index (χ2n) is 5.32. The first-order chi connectivity index (χ1) is 8.06. The lowest BCUT2D eigenvalue weighted by Crippen LogP contribution is -2.12. The molecule has 1 aromatic heterocycles. The van der Waals surface area contributed by atoms with E-state index in [9.17, 15) is 9.59 Å². The second kappa shape index (κ2) is 3.45. The third-order valence-electron chi connectivity index (χ3n) is 4.12. The van der Waals surface area contributed by atoms with Crippen molar-refractivity contribution in [2.75, 3.05) is 0 Å². The molecule has 0 bridgehead atoms. The van der Waals surface area contributed by atoms with Crippen LogP contribution < -0.4 is 0 Å². The number of Topliss-reactive ketones (excluding diaryl/α,β-unsaturated/α-hetero) is 1. The maximum absolute atomic E-state index is 12.2. The molecule has 90 valence electrons. The minimum absolute atomic E-state index is 0.125. The number of carboxylic acids is 1. The van der Waals surface area contributed by atoms with Crippen LogP contribution in [0, 0.1) is 17.8 Å². The Kier molecular flexibility index (Phi) is 2.15. The smallest absolute Gasteiger partial charge is 0.352 e. The van der Waals surface area contributed by atoms with E-state index >= 15 is 0 Å². The maximum atomic E-state index is 12.2. The number of carbonyl (C=O) groups is 2. The molecule has 2 saturated carbocycles. The lowest BCUT2D eigenvalue weighted by Gasteiger charge is -2.08. The van der Waals surface area contributed by atoms with E-state index in [2.05, 4.69) is 0 Å². The number of fused-ring (bicyclic) bond motifs is 1. The second-order valence-corrected chi connectivity index (χ2v) is 5.32. The van der Waals surface area contributed by atoms with Crippen molar-refractivity contribution < 1.29 is 14.7 Å². The molecule has 2 aliphatic carbocycles. The van der Waals surface area contributed by atoms with Crippen LogP contribution in [0.3, 0.4) is 0 Å². The van der Waals surface area contributed by atoms with Gasteiger partial charge in [-0.05, 0) is 37.2 Å². The molecule has 4 nitrogen and oxygen atoms in total. The van der Waals surface area contributed by atoms with E-state index < -0.39 is 5.97 Å². The molecule has 2 atom stereocenters. The van der Waals surface area contributed by atoms with Gasteiger partial charge in [-0.15, -0.1) is 0 Å². The Morgan fingerprint density at radius 3 is 2.47 bits per heavy atom. The van der Waals surface area contributed by atoms with E-state index in [-0.39, 0.29) is 17.4 Å². The van der Waals surface area contributed by atoms with Gasteiger partial charge in [0.1, 0.15) is 5.69 Å². The van der Waals surface area contributed by atoms with Crippen molar-refractivity contribution >= 4 is 11.8 Å². The highest BCUT2D eigenvalue weighted by Crippen LogP contribution is 2.54. The summed E-state index contributed by atoms with van der Waals surface area (Å²) in [5.74, 6) is 0.808. The topological polar surface area (TPSA) is 59.3 Å². The van der Waals surface area contributed by atoms with Gasteiger partial charge in [0.25, 0.3) is 0 Å². The highest BCUT2D eigenvalue weighted by Gasteiger charge is 2.48. The summed E-state index contributed by atoms with van der Waals surface area (Å²) < 4.78 is 1.51. The molecule has 4 heteroatoms. The van der Waals surface area contributed by atoms with Crippen molar-refractivity contribution in [3.63, 3.8) is 0 Å². The molecule has 1 N–H and O–H groups in total. The van der Waals surface area contributed by atoms with Gasteiger partial charge in [-0.25, -0.2) is 4.79 Å². The van der Waals surface area contributed by atoms with Gasteiger partial charge in [-0.3, -0.25) is 4.79 Å². The first-order valence-corrected chi connectivity index (χ1v) is 6.00. The summed E-state index contributed by atoms with van der Waals surface area (Å²) in [6, 6.07) is 1.49. The highest BCUT2D eigenvalue weighted by atomic mass is 16.4. The standard InChI is InChI=1S/C13H15NO3/c1-14-6-10(5-11(14)13(16)17)12(15)9-3-7-2-8(7)4-9/h5-9H,2-4H2,1H3,(H,16,17). The van der Waals surface area contributed by atoms with Crippen LogP contribution in [-0.4, -0.2) is 21.4 Å². The van der Waals surface area contributed by atoms with Crippen molar-refractivity contribution in [1.82, 2.24) is 4.57 Å². The Hall–Kier alpha value is -1.58. The van der Waals surface area contributed by atoms with E-state index in [0.717, 1.165) is 24.7 Å². The quantitative estimate of drug-likeness (QED) is 0.812. The third kappa shape index (κ3) is 1.68. The zero-order chi connectivity index (χ0) is 12.2. The molecule has 0 amide bonds. The largest absolute Gasteiger partial charge is 0.477 e. The molecule has 1 aromatic rings. The molecule has 0 aromatic carbocycles. The minimum Gasteiger partial charge on any atom is -0.477 e. The van der Waals surface area contributed by atoms with Crippen molar-refractivity contribution in [1.29, 1.82) is 0 Å². The van der Waals surface area contributed by atoms with Crippen LogP contribution in [0.25, 0.3) is 0 Å². The number of ketones is 1. The maximum Gasteiger partial charge on any atom is 0.352 e. The Labute approximate surface area is 99.2 Å². The zero-order valence-corrected chi connectivity index (χ0v) is 9.72. The Morgan fingerprint density at radius 2 is 1.94 bits per heavy atom. The van der Waals surface area contributed by atoms with E-state index in [0.29, 0.717) is 5.56 Å². The fourth-order valence-corrected chi connectivity index (χ4v) is 3.08. The fraction of sp³-hybridized carbons (Fsp3) is 0.538. The summed E-state index contributed by atoms with van der Waals surface area (Å²) in [5.41, 5.74) is 0.729. The Balaban J connectivity index is 1.81. The lowest BCUT2D eigenvalue weighted by atomic mass is 9.94. The van der Waals surface area contributed by atoms with Crippen molar-refractivity contribution in [2.24, 2.45) is 24.8 Å². The summed E-state index contributed by atoms with van der Waals surface area (Å²) in [6.45, 7) is 0. The van der Waals surface area contributed by atoms with Crippen molar-refractivity contribution in [3.05, 3.63) is 23.5 Å². The predicted octanol–water partition coefficient (Wildman–Crippen LogP) is 1.95. The zero-order valence-electron chi connectivity index (χ0n) is 9.72. The molecule has 0 spiro atoms. The first-order valence-electron chi connectivity index (χ1n) is 6.00. The van der Waals surface area contributed by atoms with Crippen LogP contribution >= 0.6 is 0 Å². The Morgan fingerprint density at radius 1 is 1.29 bits per heavy atom. The summed E-state index contributed by atoms with van der Waals surface area (Å²) >= 11 is 0. The number of nitrogens with zero attached hydrogens (tertiary/aromatic N) is 1. The SMILES string of the molecule is Cn1cc(C(=O)C2CC3CC3C2)cc1C(=O)O. The molecule has 1 heterocycles. The first kappa shape index (κ1) is 10.6. The monoisotopic (exact) mass is 233 g/mol. The third-order valence-corrected chi connectivity index (χ3v) is 4.12. The van der Waals surface area contributed by atoms with E-state index in [4.69, 9.17) is 5.11 Å². The number of aromatic carboxylic acids is 1. The molecule has 0 aliphatic heterocycles. The number of carboxylic acid groups (broad SMARTS) is 1. The molecule has 2 unspecified atom stereocenters. The molecule has 0 radical (unpaired) electrons. The number of aromatic nitrogens is 1. The number of rotatable bonds is 3. The van der Waals surface area contributed by atoms with Gasteiger partial charge < -0.3 is 9.67 Å². The molecule has 17 heavy (non-hydrogen) atoms. The molecular formula is C13H15NO3. The van der Waals surface area contributed by atoms with Crippen LogP contribution in [0.5, 0.6) is 0 Å². The number of carbonyl (C=O) groups excluding carboxylic acids is 1. The summed E-state index contributed by atoms with van der Waals surface area (Å²) in [6.07, 6.45) is 4.93. The van der Waals surface area contributed by atoms with Crippen LogP contribution in [-0.2, 0) is 7.05 Å². The van der Waals surface area contributed by atoms with Gasteiger partial charge >= 0.3 is 5.97 Å². The van der Waals surface area contributed by atoms with Crippen LogP contribution in [0.1, 0.15) is 40.1 Å². The van der Waals surface area contributed by atoms with E-state index in [1.807, 2.05) is 0 Å². The minimum atomic E-state index is -0.985. The molecule has 2 aliphatic rings. The fourth-order valence-electron chi connectivity index (χ4n) is 3.08. The van der Waals surface area contributed by atoms with Gasteiger partial charge in [0, 0.05) is 24.7 Å². The average molecular weight is 233 g/mol. The van der Waals surface area contributed by atoms with Gasteiger partial charge in [-0.2, -0.15) is 0 Å². The molecular weight excluding hydrogens is 218 g/mol. The highest BCUT2D eigenvalue weighted by molar-refractivity contribution is 6.00. The van der Waals surface area contributed by atoms with Gasteiger partial charge in [0.15, 0.2) is 5.78 Å². The van der Waals surface area contributed by atoms with Gasteiger partial charge in [0.05, 0.1) is 0 Å². The number of hydrogen-bond acceptors (Lipinski definition) is 2. The van der Waals surface area contributed by atoms with Crippen LogP contribution in [0.4, 0.5) is 0 Å². The van der Waals surface area contributed by atoms with E-state index in [1.54, 1.807) is 13.2 Å². The molecule has 2 fully saturated rings. The lowest BCUT2D eigenvalue weighted by molar-refractivity contribution is 0.0686. The van der Waals surface area contributed by atoms with Crippen LogP contribution in [0.2, 0.25) is 0 Å². The van der Waals surface area contributed by atoms with Crippen molar-refractivity contribution in [3.8, 4) is 0 Å². The molecule has 3 rings (SSSR count). The van der Waals surface area contributed by atoms with E-state index in [1.165, 1.54) is 17.1 Å². The normalized spacial score (nSPS) is 30.1. The summed E-state index contributed by atoms with van der Waals surface area (Å²) in [7, 11) is 1.66. The average Bonchev–Trinajstić information content (AvgIpc) is 2.74. The summed E-state index contributed by atoms with van der Waals surface area (Å²) in [4.78, 5) is 23.1. The van der Waals surface area contributed by atoms with Crippen LogP contribution in [0.15, 0.2) is 12.3 Å².